The summed E-state index contributed by atoms with van der Waals surface area (Å²) in [6.07, 6.45) is 19.7. The number of aromatic nitrogens is 4. The van der Waals surface area contributed by atoms with Crippen molar-refractivity contribution in [1.82, 2.24) is 19.5 Å². The Hall–Kier alpha value is -1.70. The molecule has 0 radical (unpaired) electrons. The zero-order chi connectivity index (χ0) is 35.3. The Balaban J connectivity index is 1.70. The Morgan fingerprint density at radius 3 is 2.15 bits per heavy atom. The van der Waals surface area contributed by atoms with E-state index in [9.17, 15) is 9.36 Å². The van der Waals surface area contributed by atoms with E-state index in [2.05, 4.69) is 21.9 Å². The number of nitrogens with zero attached hydrogens (tertiary/aromatic N) is 4. The fourth-order valence-electron chi connectivity index (χ4n) is 4.96. The standard InChI is InChI=1S/C33H60N5O7PS2/c1-6-7-8-9-10-11-12-13-14-15-16-17-18-19-21-48(47)22-20-43-46(40,44-26-41-32(39)45-33(3,4)5)27-42-28(2)23-38-25-37-29-30(34)35-24-36-31(29)38/h24-25,28H,6-23,26-27H2,1-5H3,(H2,34,35,36)/t28-,46-,48?/m1/s1. The highest BCUT2D eigenvalue weighted by atomic mass is 32.8. The molecule has 276 valence electrons. The van der Waals surface area contributed by atoms with Gasteiger partial charge in [-0.15, -0.1) is 9.45 Å². The third-order valence-electron chi connectivity index (χ3n) is 7.54. The molecular formula is C33H60N5O7PS2. The van der Waals surface area contributed by atoms with Crippen molar-refractivity contribution in [2.24, 2.45) is 0 Å². The highest BCUT2D eigenvalue weighted by Crippen LogP contribution is 2.48. The number of nitrogen functional groups attached to an aromatic ring is 1. The third kappa shape index (κ3) is 18.9. The molecule has 2 aromatic rings. The van der Waals surface area contributed by atoms with Crippen LogP contribution in [0, 0.1) is 0 Å². The molecule has 0 amide bonds. The summed E-state index contributed by atoms with van der Waals surface area (Å²) in [5.74, 6) is 1.80. The van der Waals surface area contributed by atoms with E-state index >= 15 is 0 Å². The van der Waals surface area contributed by atoms with E-state index in [-0.39, 0.29) is 28.2 Å². The number of hydrogen-bond donors (Lipinski definition) is 1. The molecule has 0 aliphatic carbocycles. The van der Waals surface area contributed by atoms with Crippen LogP contribution in [0.25, 0.3) is 11.2 Å². The van der Waals surface area contributed by atoms with Crippen LogP contribution in [0.1, 0.15) is 125 Å². The van der Waals surface area contributed by atoms with Crippen LogP contribution >= 0.6 is 7.60 Å². The molecule has 2 rings (SSSR count). The van der Waals surface area contributed by atoms with Gasteiger partial charge >= 0.3 is 13.8 Å². The second kappa shape index (κ2) is 23.7. The Morgan fingerprint density at radius 1 is 0.938 bits per heavy atom. The number of carbonyl (C=O) groups is 1. The average molecular weight is 734 g/mol. The first-order valence-corrected chi connectivity index (χ1v) is 21.8. The molecular weight excluding hydrogens is 673 g/mol. The average Bonchev–Trinajstić information content (AvgIpc) is 3.43. The van der Waals surface area contributed by atoms with Gasteiger partial charge in [0, 0.05) is 5.75 Å². The lowest BCUT2D eigenvalue weighted by Crippen LogP contribution is -2.25. The largest absolute Gasteiger partial charge is 0.510 e. The molecule has 0 aromatic carbocycles. The minimum absolute atomic E-state index is 0.148. The number of unbranched alkanes of at least 4 members (excludes halogenated alkanes) is 13. The quantitative estimate of drug-likeness (QED) is 0.0406. The SMILES string of the molecule is CCCCCCCCCCCCCCCCS(=S)CCO[P@](=O)(CO[C@H](C)Cn1cnc2c(N)ncnc21)OCOC(=O)OC(C)(C)C. The zero-order valence-corrected chi connectivity index (χ0v) is 32.4. The molecule has 0 saturated carbocycles. The lowest BCUT2D eigenvalue weighted by Gasteiger charge is -2.22. The third-order valence-corrected chi connectivity index (χ3v) is 11.4. The van der Waals surface area contributed by atoms with Crippen molar-refractivity contribution in [3.63, 3.8) is 0 Å². The summed E-state index contributed by atoms with van der Waals surface area (Å²) in [7, 11) is -4.10. The van der Waals surface area contributed by atoms with Crippen LogP contribution in [0.2, 0.25) is 0 Å². The first-order chi connectivity index (χ1) is 22.9. The molecule has 48 heavy (non-hydrogen) atoms. The van der Waals surface area contributed by atoms with Crippen molar-refractivity contribution in [3.05, 3.63) is 12.7 Å². The van der Waals surface area contributed by atoms with Gasteiger partial charge in [0.15, 0.2) is 11.5 Å². The predicted octanol–water partition coefficient (Wildman–Crippen LogP) is 8.47. The maximum Gasteiger partial charge on any atom is 0.510 e. The minimum Gasteiger partial charge on any atom is -0.429 e. The lowest BCUT2D eigenvalue weighted by molar-refractivity contribution is -0.0414. The predicted molar refractivity (Wildman–Crippen MR) is 197 cm³/mol. The van der Waals surface area contributed by atoms with E-state index in [1.54, 1.807) is 31.7 Å². The monoisotopic (exact) mass is 733 g/mol. The van der Waals surface area contributed by atoms with Gasteiger partial charge in [-0.3, -0.25) is 9.09 Å². The Kier molecular flexibility index (Phi) is 20.9. The van der Waals surface area contributed by atoms with Gasteiger partial charge in [0.05, 0.1) is 25.6 Å². The summed E-state index contributed by atoms with van der Waals surface area (Å²) in [4.78, 5) is 24.4. The molecule has 0 aliphatic heterocycles. The molecule has 1 unspecified atom stereocenters. The van der Waals surface area contributed by atoms with Gasteiger partial charge in [-0.05, 0) is 39.9 Å². The zero-order valence-electron chi connectivity index (χ0n) is 29.9. The van der Waals surface area contributed by atoms with Gasteiger partial charge in [0.1, 0.15) is 23.8 Å². The van der Waals surface area contributed by atoms with Crippen LogP contribution in [-0.2, 0) is 55.0 Å². The van der Waals surface area contributed by atoms with Crippen LogP contribution in [0.5, 0.6) is 0 Å². The van der Waals surface area contributed by atoms with Crippen LogP contribution in [0.3, 0.4) is 0 Å². The van der Waals surface area contributed by atoms with E-state index in [0.717, 1.165) is 12.2 Å². The molecule has 0 spiro atoms. The van der Waals surface area contributed by atoms with Crippen LogP contribution in [0.15, 0.2) is 12.7 Å². The fourth-order valence-corrected chi connectivity index (χ4v) is 7.88. The van der Waals surface area contributed by atoms with Gasteiger partial charge in [-0.1, -0.05) is 102 Å². The smallest absolute Gasteiger partial charge is 0.429 e. The highest BCUT2D eigenvalue weighted by molar-refractivity contribution is 8.28. The number of imidazole rings is 1. The fraction of sp³-hybridized carbons (Fsp3) is 0.818. The van der Waals surface area contributed by atoms with Crippen molar-refractivity contribution in [1.29, 1.82) is 0 Å². The van der Waals surface area contributed by atoms with Gasteiger partial charge in [0.2, 0.25) is 6.79 Å². The van der Waals surface area contributed by atoms with Gasteiger partial charge in [0.25, 0.3) is 0 Å². The maximum atomic E-state index is 13.6. The van der Waals surface area contributed by atoms with Crippen molar-refractivity contribution >= 4 is 51.4 Å². The molecule has 0 bridgehead atoms. The molecule has 3 atom stereocenters. The number of anilines is 1. The van der Waals surface area contributed by atoms with E-state index < -0.39 is 32.2 Å². The summed E-state index contributed by atoms with van der Waals surface area (Å²) in [5.41, 5.74) is 6.21. The number of nitrogens with two attached hydrogens (primary N) is 1. The molecule has 2 N–H and O–H groups in total. The number of ether oxygens (including phenoxy) is 3. The topological polar surface area (TPSA) is 150 Å². The maximum absolute atomic E-state index is 13.6. The van der Waals surface area contributed by atoms with Gasteiger partial charge in [-0.2, -0.15) is 0 Å². The number of rotatable bonds is 27. The summed E-state index contributed by atoms with van der Waals surface area (Å²) in [5, 5.41) is 0. The molecule has 0 aliphatic rings. The van der Waals surface area contributed by atoms with Gasteiger partial charge in [-0.25, -0.2) is 19.7 Å². The first-order valence-electron chi connectivity index (χ1n) is 17.5. The van der Waals surface area contributed by atoms with Crippen molar-refractivity contribution < 1.29 is 32.6 Å². The summed E-state index contributed by atoms with van der Waals surface area (Å²) >= 11 is 5.68. The lowest BCUT2D eigenvalue weighted by atomic mass is 10.0. The Morgan fingerprint density at radius 2 is 1.54 bits per heavy atom. The van der Waals surface area contributed by atoms with Crippen LogP contribution in [-0.4, -0.2) is 68.6 Å². The second-order valence-electron chi connectivity index (χ2n) is 13.2. The van der Waals surface area contributed by atoms with E-state index in [1.807, 2.05) is 6.92 Å². The summed E-state index contributed by atoms with van der Waals surface area (Å²) in [6.45, 7) is 9.12. The van der Waals surface area contributed by atoms with Crippen molar-refractivity contribution in [2.75, 3.05) is 37.0 Å². The summed E-state index contributed by atoms with van der Waals surface area (Å²) < 4.78 is 42.6. The molecule has 2 aromatic heterocycles. The molecule has 12 nitrogen and oxygen atoms in total. The van der Waals surface area contributed by atoms with Crippen molar-refractivity contribution in [2.45, 2.75) is 143 Å². The molecule has 15 heteroatoms. The molecule has 2 heterocycles. The second-order valence-corrected chi connectivity index (χ2v) is 18.3. The first kappa shape index (κ1) is 42.5. The normalized spacial score (nSPS) is 14.5. The van der Waals surface area contributed by atoms with E-state index in [1.165, 1.54) is 89.8 Å². The van der Waals surface area contributed by atoms with Crippen LogP contribution in [0.4, 0.5) is 10.6 Å². The van der Waals surface area contributed by atoms with Crippen LogP contribution < -0.4 is 5.73 Å². The summed E-state index contributed by atoms with van der Waals surface area (Å²) in [6, 6.07) is 0. The molecule has 0 fully saturated rings. The molecule has 0 saturated heterocycles. The Labute approximate surface area is 295 Å². The number of fused-ring (bicyclic) bond motifs is 1. The highest BCUT2D eigenvalue weighted by Gasteiger charge is 2.28. The number of hydrogen-bond acceptors (Lipinski definition) is 12. The van der Waals surface area contributed by atoms with Crippen molar-refractivity contribution in [3.8, 4) is 0 Å². The number of carbonyl (C=O) groups excluding carboxylic acids is 1. The minimum atomic E-state index is -3.81. The van der Waals surface area contributed by atoms with E-state index in [4.69, 9.17) is 40.2 Å². The van der Waals surface area contributed by atoms with Gasteiger partial charge < -0.3 is 29.0 Å². The Bertz CT molecular complexity index is 1260. The van der Waals surface area contributed by atoms with E-state index in [0.29, 0.717) is 23.5 Å².